The van der Waals surface area contributed by atoms with Crippen molar-refractivity contribution in [3.05, 3.63) is 58.7 Å². The van der Waals surface area contributed by atoms with Crippen LogP contribution in [0.25, 0.3) is 0 Å². The van der Waals surface area contributed by atoms with Gasteiger partial charge in [0.2, 0.25) is 0 Å². The normalized spacial score (nSPS) is 10.2. The first kappa shape index (κ1) is 17.5. The van der Waals surface area contributed by atoms with Crippen molar-refractivity contribution in [2.45, 2.75) is 20.8 Å². The van der Waals surface area contributed by atoms with Crippen LogP contribution in [0.3, 0.4) is 0 Å². The van der Waals surface area contributed by atoms with E-state index < -0.39 is 0 Å². The molecule has 0 spiro atoms. The summed E-state index contributed by atoms with van der Waals surface area (Å²) in [6, 6.07) is 10.6. The van der Waals surface area contributed by atoms with Gasteiger partial charge in [0.15, 0.2) is 0 Å². The molecule has 2 aromatic rings. The van der Waals surface area contributed by atoms with Gasteiger partial charge in [-0.05, 0) is 56.2 Å². The van der Waals surface area contributed by atoms with E-state index in [1.54, 1.807) is 37.4 Å². The molecule has 0 atom stereocenters. The highest BCUT2D eigenvalue weighted by Gasteiger charge is 2.14. The Kier molecular flexibility index (Phi) is 5.58. The second kappa shape index (κ2) is 7.64. The summed E-state index contributed by atoms with van der Waals surface area (Å²) in [6.45, 7) is 6.15. The quantitative estimate of drug-likeness (QED) is 0.886. The van der Waals surface area contributed by atoms with E-state index in [9.17, 15) is 9.59 Å². The lowest BCUT2D eigenvalue weighted by Gasteiger charge is -2.13. The summed E-state index contributed by atoms with van der Waals surface area (Å²) in [5.41, 5.74) is 3.36. The molecule has 0 aromatic heterocycles. The molecule has 5 heteroatoms. The van der Waals surface area contributed by atoms with Crippen molar-refractivity contribution in [3.63, 3.8) is 0 Å². The average Bonchev–Trinajstić information content (AvgIpc) is 2.57. The fourth-order valence-electron chi connectivity index (χ4n) is 2.43. The zero-order valence-corrected chi connectivity index (χ0v) is 14.4. The Morgan fingerprint density at radius 2 is 1.83 bits per heavy atom. The van der Waals surface area contributed by atoms with E-state index in [0.717, 1.165) is 11.1 Å². The van der Waals surface area contributed by atoms with Gasteiger partial charge >= 0.3 is 0 Å². The molecular formula is C19H22N2O3. The van der Waals surface area contributed by atoms with Crippen LogP contribution in [0.5, 0.6) is 5.75 Å². The first-order valence-corrected chi connectivity index (χ1v) is 7.81. The van der Waals surface area contributed by atoms with Crippen LogP contribution < -0.4 is 15.4 Å². The number of amides is 2. The van der Waals surface area contributed by atoms with Gasteiger partial charge in [0.25, 0.3) is 11.8 Å². The first-order valence-electron chi connectivity index (χ1n) is 7.81. The van der Waals surface area contributed by atoms with Crippen LogP contribution >= 0.6 is 0 Å². The molecule has 0 radical (unpaired) electrons. The van der Waals surface area contributed by atoms with Gasteiger partial charge in [-0.25, -0.2) is 0 Å². The molecule has 126 valence electrons. The van der Waals surface area contributed by atoms with Gasteiger partial charge in [0.1, 0.15) is 5.75 Å². The van der Waals surface area contributed by atoms with E-state index in [1.807, 2.05) is 26.8 Å². The maximum atomic E-state index is 12.5. The number of rotatable bonds is 5. The van der Waals surface area contributed by atoms with Crippen molar-refractivity contribution in [3.8, 4) is 5.75 Å². The van der Waals surface area contributed by atoms with Crippen molar-refractivity contribution < 1.29 is 14.3 Å². The van der Waals surface area contributed by atoms with Gasteiger partial charge in [-0.1, -0.05) is 12.1 Å². The lowest BCUT2D eigenvalue weighted by atomic mass is 10.1. The zero-order chi connectivity index (χ0) is 17.7. The van der Waals surface area contributed by atoms with Gasteiger partial charge in [0.05, 0.1) is 7.11 Å². The summed E-state index contributed by atoms with van der Waals surface area (Å²) in [5.74, 6) is 0.267. The number of benzene rings is 2. The number of nitrogens with one attached hydrogen (secondary N) is 2. The molecule has 2 rings (SSSR count). The summed E-state index contributed by atoms with van der Waals surface area (Å²) in [4.78, 5) is 24.5. The van der Waals surface area contributed by atoms with Crippen LogP contribution in [0.15, 0.2) is 36.4 Å². The monoisotopic (exact) mass is 326 g/mol. The third-order valence-corrected chi connectivity index (χ3v) is 3.83. The van der Waals surface area contributed by atoms with Crippen LogP contribution in [0, 0.1) is 13.8 Å². The number of anilines is 1. The number of aryl methyl sites for hydroxylation is 1. The molecule has 2 amide bonds. The molecule has 0 bridgehead atoms. The number of carbonyl (C=O) groups excluding carboxylic acids is 2. The van der Waals surface area contributed by atoms with Crippen molar-refractivity contribution >= 4 is 17.5 Å². The Balaban J connectivity index is 2.26. The summed E-state index contributed by atoms with van der Waals surface area (Å²) in [5, 5.41) is 5.63. The highest BCUT2D eigenvalue weighted by molar-refractivity contribution is 6.06. The molecule has 0 saturated heterocycles. The van der Waals surface area contributed by atoms with Crippen molar-refractivity contribution in [1.82, 2.24) is 5.32 Å². The molecule has 2 N–H and O–H groups in total. The lowest BCUT2D eigenvalue weighted by molar-refractivity contribution is 0.0953. The van der Waals surface area contributed by atoms with Crippen LogP contribution in [0.2, 0.25) is 0 Å². The highest BCUT2D eigenvalue weighted by Crippen LogP contribution is 2.22. The van der Waals surface area contributed by atoms with Crippen LogP contribution in [0.1, 0.15) is 38.8 Å². The number of methoxy groups -OCH3 is 1. The van der Waals surface area contributed by atoms with Crippen molar-refractivity contribution in [2.75, 3.05) is 19.0 Å². The number of hydrogen-bond donors (Lipinski definition) is 2. The largest absolute Gasteiger partial charge is 0.496 e. The van der Waals surface area contributed by atoms with Crippen molar-refractivity contribution in [2.24, 2.45) is 0 Å². The summed E-state index contributed by atoms with van der Waals surface area (Å²) in [7, 11) is 1.57. The predicted molar refractivity (Wildman–Crippen MR) is 94.9 cm³/mol. The molecule has 0 unspecified atom stereocenters. The second-order valence-corrected chi connectivity index (χ2v) is 5.48. The fraction of sp³-hybridized carbons (Fsp3) is 0.263. The highest BCUT2D eigenvalue weighted by atomic mass is 16.5. The third kappa shape index (κ3) is 3.74. The molecule has 0 aliphatic heterocycles. The Morgan fingerprint density at radius 3 is 2.50 bits per heavy atom. The van der Waals surface area contributed by atoms with Crippen LogP contribution in [-0.4, -0.2) is 25.5 Å². The molecule has 0 aliphatic carbocycles. The Hall–Kier alpha value is -2.82. The molecule has 0 aliphatic rings. The van der Waals surface area contributed by atoms with E-state index in [1.165, 1.54) is 0 Å². The van der Waals surface area contributed by atoms with E-state index >= 15 is 0 Å². The molecule has 5 nitrogen and oxygen atoms in total. The van der Waals surface area contributed by atoms with E-state index in [-0.39, 0.29) is 11.8 Å². The maximum absolute atomic E-state index is 12.5. The Labute approximate surface area is 142 Å². The summed E-state index contributed by atoms with van der Waals surface area (Å²) >= 11 is 0. The molecular weight excluding hydrogens is 304 g/mol. The van der Waals surface area contributed by atoms with Gasteiger partial charge in [0, 0.05) is 23.4 Å². The van der Waals surface area contributed by atoms with Crippen LogP contribution in [-0.2, 0) is 0 Å². The number of carbonyl (C=O) groups is 2. The predicted octanol–water partition coefficient (Wildman–Crippen LogP) is 3.31. The summed E-state index contributed by atoms with van der Waals surface area (Å²) in [6.07, 6.45) is 0. The lowest BCUT2D eigenvalue weighted by Crippen LogP contribution is -2.24. The van der Waals surface area contributed by atoms with E-state index in [2.05, 4.69) is 10.6 Å². The van der Waals surface area contributed by atoms with Crippen LogP contribution in [0.4, 0.5) is 5.69 Å². The van der Waals surface area contributed by atoms with Gasteiger partial charge in [-0.3, -0.25) is 9.59 Å². The molecule has 24 heavy (non-hydrogen) atoms. The van der Waals surface area contributed by atoms with E-state index in [0.29, 0.717) is 29.1 Å². The molecule has 0 saturated carbocycles. The minimum Gasteiger partial charge on any atom is -0.496 e. The topological polar surface area (TPSA) is 67.4 Å². The Morgan fingerprint density at radius 1 is 1.08 bits per heavy atom. The smallest absolute Gasteiger partial charge is 0.255 e. The first-order chi connectivity index (χ1) is 11.5. The minimum atomic E-state index is -0.246. The number of ether oxygens (including phenoxy) is 1. The molecule has 2 aromatic carbocycles. The third-order valence-electron chi connectivity index (χ3n) is 3.83. The Bertz CT molecular complexity index is 769. The van der Waals surface area contributed by atoms with Gasteiger partial charge in [-0.2, -0.15) is 0 Å². The average molecular weight is 326 g/mol. The van der Waals surface area contributed by atoms with Crippen molar-refractivity contribution in [1.29, 1.82) is 0 Å². The fourth-order valence-corrected chi connectivity index (χ4v) is 2.43. The standard InChI is InChI=1S/C19H22N2O3/c1-5-20-19(23)15-7-6-8-16(13(15)3)21-18(22)14-10-9-12(2)17(11-14)24-4/h6-11H,5H2,1-4H3,(H,20,23)(H,21,22). The minimum absolute atomic E-state index is 0.150. The molecule has 0 fully saturated rings. The number of hydrogen-bond acceptors (Lipinski definition) is 3. The molecule has 0 heterocycles. The maximum Gasteiger partial charge on any atom is 0.255 e. The van der Waals surface area contributed by atoms with E-state index in [4.69, 9.17) is 4.74 Å². The van der Waals surface area contributed by atoms with Gasteiger partial charge < -0.3 is 15.4 Å². The SMILES string of the molecule is CCNC(=O)c1cccc(NC(=O)c2ccc(C)c(OC)c2)c1C. The zero-order valence-electron chi connectivity index (χ0n) is 14.4. The second-order valence-electron chi connectivity index (χ2n) is 5.48. The van der Waals surface area contributed by atoms with Gasteiger partial charge in [-0.15, -0.1) is 0 Å². The summed E-state index contributed by atoms with van der Waals surface area (Å²) < 4.78 is 5.25.